The first-order valence-electron chi connectivity index (χ1n) is 9.31. The summed E-state index contributed by atoms with van der Waals surface area (Å²) in [5.41, 5.74) is 1.17. The molecule has 1 aliphatic heterocycles. The van der Waals surface area contributed by atoms with E-state index >= 15 is 0 Å². The Balaban J connectivity index is 1.41. The SMILES string of the molecule is Fc1cccc([C@@H]2Cn3cnc(-c4nc(-c5cccc(C(F)(F)F)c5)no4)c3CO2)c1. The fourth-order valence-electron chi connectivity index (χ4n) is 3.49. The van der Waals surface area contributed by atoms with Gasteiger partial charge in [0.05, 0.1) is 30.7 Å². The Bertz CT molecular complexity index is 1250. The quantitative estimate of drug-likeness (QED) is 0.427. The second-order valence-corrected chi connectivity index (χ2v) is 7.05. The van der Waals surface area contributed by atoms with E-state index in [0.717, 1.165) is 12.1 Å². The highest BCUT2D eigenvalue weighted by Crippen LogP contribution is 2.34. The normalized spacial score (nSPS) is 16.3. The van der Waals surface area contributed by atoms with Gasteiger partial charge >= 0.3 is 6.18 Å². The maximum Gasteiger partial charge on any atom is 0.416 e. The fourth-order valence-corrected chi connectivity index (χ4v) is 3.49. The van der Waals surface area contributed by atoms with Crippen molar-refractivity contribution in [3.63, 3.8) is 0 Å². The van der Waals surface area contributed by atoms with Crippen LogP contribution >= 0.6 is 0 Å². The molecule has 0 aliphatic carbocycles. The first kappa shape index (κ1) is 19.4. The highest BCUT2D eigenvalue weighted by molar-refractivity contribution is 5.60. The predicted molar refractivity (Wildman–Crippen MR) is 99.9 cm³/mol. The van der Waals surface area contributed by atoms with E-state index in [2.05, 4.69) is 15.1 Å². The zero-order chi connectivity index (χ0) is 21.6. The zero-order valence-electron chi connectivity index (χ0n) is 15.8. The monoisotopic (exact) mass is 430 g/mol. The van der Waals surface area contributed by atoms with Gasteiger partial charge in [0.1, 0.15) is 11.9 Å². The third kappa shape index (κ3) is 3.70. The van der Waals surface area contributed by atoms with Crippen LogP contribution in [0, 0.1) is 5.82 Å². The maximum absolute atomic E-state index is 13.5. The van der Waals surface area contributed by atoms with E-state index in [4.69, 9.17) is 9.26 Å². The third-order valence-electron chi connectivity index (χ3n) is 5.03. The van der Waals surface area contributed by atoms with Gasteiger partial charge < -0.3 is 13.8 Å². The molecule has 1 aliphatic rings. The van der Waals surface area contributed by atoms with Gasteiger partial charge in [-0.1, -0.05) is 29.4 Å². The molecule has 0 radical (unpaired) electrons. The van der Waals surface area contributed by atoms with Crippen molar-refractivity contribution in [2.45, 2.75) is 25.4 Å². The van der Waals surface area contributed by atoms with Crippen LogP contribution in [0.5, 0.6) is 0 Å². The molecular formula is C21H14F4N4O2. The van der Waals surface area contributed by atoms with Crippen molar-refractivity contribution in [2.24, 2.45) is 0 Å². The third-order valence-corrected chi connectivity index (χ3v) is 5.03. The van der Waals surface area contributed by atoms with Crippen molar-refractivity contribution in [3.05, 3.63) is 77.5 Å². The number of imidazole rings is 1. The molecule has 0 saturated heterocycles. The second kappa shape index (κ2) is 7.31. The van der Waals surface area contributed by atoms with E-state index in [0.29, 0.717) is 23.5 Å². The topological polar surface area (TPSA) is 66.0 Å². The molecule has 3 heterocycles. The summed E-state index contributed by atoms with van der Waals surface area (Å²) in [7, 11) is 0. The number of ether oxygens (including phenoxy) is 1. The summed E-state index contributed by atoms with van der Waals surface area (Å²) < 4.78 is 65.4. The minimum atomic E-state index is -4.47. The Kier molecular flexibility index (Phi) is 4.58. The molecule has 0 unspecified atom stereocenters. The van der Waals surface area contributed by atoms with Crippen molar-refractivity contribution in [1.29, 1.82) is 0 Å². The van der Waals surface area contributed by atoms with Crippen LogP contribution in [0.1, 0.15) is 22.9 Å². The summed E-state index contributed by atoms with van der Waals surface area (Å²) in [5.74, 6) is -0.239. The number of fused-ring (bicyclic) bond motifs is 1. The maximum atomic E-state index is 13.5. The summed E-state index contributed by atoms with van der Waals surface area (Å²) >= 11 is 0. The number of hydrogen-bond donors (Lipinski definition) is 0. The Morgan fingerprint density at radius 2 is 1.90 bits per heavy atom. The second-order valence-electron chi connectivity index (χ2n) is 7.05. The molecule has 5 rings (SSSR count). The van der Waals surface area contributed by atoms with Gasteiger partial charge in [-0.3, -0.25) is 0 Å². The minimum absolute atomic E-state index is 0.0252. The highest BCUT2D eigenvalue weighted by atomic mass is 19.4. The predicted octanol–water partition coefficient (Wildman–Crippen LogP) is 5.03. The summed E-state index contributed by atoms with van der Waals surface area (Å²) in [6, 6.07) is 10.9. The van der Waals surface area contributed by atoms with Crippen LogP contribution in [0.2, 0.25) is 0 Å². The molecule has 0 bridgehead atoms. The Labute approximate surface area is 173 Å². The van der Waals surface area contributed by atoms with Gasteiger partial charge in [0, 0.05) is 5.56 Å². The van der Waals surface area contributed by atoms with Crippen LogP contribution in [-0.2, 0) is 24.1 Å². The molecule has 0 saturated carbocycles. The molecule has 0 amide bonds. The molecule has 158 valence electrons. The summed E-state index contributed by atoms with van der Waals surface area (Å²) in [6.45, 7) is 0.595. The van der Waals surface area contributed by atoms with Gasteiger partial charge in [-0.25, -0.2) is 9.37 Å². The van der Waals surface area contributed by atoms with Gasteiger partial charge in [-0.05, 0) is 29.8 Å². The largest absolute Gasteiger partial charge is 0.416 e. The molecule has 6 nitrogen and oxygen atoms in total. The average molecular weight is 430 g/mol. The van der Waals surface area contributed by atoms with Crippen molar-refractivity contribution in [1.82, 2.24) is 19.7 Å². The first-order valence-corrected chi connectivity index (χ1v) is 9.31. The van der Waals surface area contributed by atoms with Crippen LogP contribution in [0.3, 0.4) is 0 Å². The van der Waals surface area contributed by atoms with E-state index in [1.807, 2.05) is 4.57 Å². The Morgan fingerprint density at radius 1 is 1.06 bits per heavy atom. The van der Waals surface area contributed by atoms with E-state index in [-0.39, 0.29) is 35.8 Å². The van der Waals surface area contributed by atoms with Crippen molar-refractivity contribution >= 4 is 0 Å². The van der Waals surface area contributed by atoms with Crippen molar-refractivity contribution in [2.75, 3.05) is 0 Å². The first-order chi connectivity index (χ1) is 14.9. The van der Waals surface area contributed by atoms with Gasteiger partial charge in [0.15, 0.2) is 5.69 Å². The lowest BCUT2D eigenvalue weighted by Gasteiger charge is -2.25. The fraction of sp³-hybridized carbons (Fsp3) is 0.190. The van der Waals surface area contributed by atoms with E-state index in [1.54, 1.807) is 18.5 Å². The van der Waals surface area contributed by atoms with Gasteiger partial charge in [-0.2, -0.15) is 18.2 Å². The molecule has 4 aromatic rings. The Morgan fingerprint density at radius 3 is 2.71 bits per heavy atom. The standard InChI is InChI=1S/C21H14F4N4O2/c22-15-6-2-3-12(8-15)17-9-29-11-26-18(16(29)10-30-17)20-27-19(28-31-20)13-4-1-5-14(7-13)21(23,24)25/h1-8,11,17H,9-10H2/t17-/m0/s1. The van der Waals surface area contributed by atoms with Crippen molar-refractivity contribution in [3.8, 4) is 23.0 Å². The molecule has 1 atom stereocenters. The lowest BCUT2D eigenvalue weighted by atomic mass is 10.1. The van der Waals surface area contributed by atoms with Gasteiger partial charge in [-0.15, -0.1) is 0 Å². The van der Waals surface area contributed by atoms with E-state index in [9.17, 15) is 17.6 Å². The van der Waals surface area contributed by atoms with Crippen LogP contribution in [0.15, 0.2) is 59.4 Å². The molecule has 2 aromatic carbocycles. The number of benzene rings is 2. The highest BCUT2D eigenvalue weighted by Gasteiger charge is 2.31. The van der Waals surface area contributed by atoms with E-state index < -0.39 is 11.7 Å². The number of alkyl halides is 3. The minimum Gasteiger partial charge on any atom is -0.365 e. The van der Waals surface area contributed by atoms with Crippen molar-refractivity contribution < 1.29 is 26.8 Å². The van der Waals surface area contributed by atoms with Gasteiger partial charge in [0.25, 0.3) is 5.89 Å². The molecule has 0 fully saturated rings. The van der Waals surface area contributed by atoms with Gasteiger partial charge in [0.2, 0.25) is 5.82 Å². The van der Waals surface area contributed by atoms with Crippen LogP contribution in [0.4, 0.5) is 17.6 Å². The number of aromatic nitrogens is 4. The molecule has 31 heavy (non-hydrogen) atoms. The lowest BCUT2D eigenvalue weighted by Crippen LogP contribution is -2.20. The average Bonchev–Trinajstić information content (AvgIpc) is 3.40. The molecular weight excluding hydrogens is 416 g/mol. The summed E-state index contributed by atoms with van der Waals surface area (Å²) in [5, 5.41) is 3.80. The zero-order valence-corrected chi connectivity index (χ0v) is 15.8. The number of hydrogen-bond acceptors (Lipinski definition) is 5. The number of halogens is 4. The van der Waals surface area contributed by atoms with Crippen LogP contribution in [-0.4, -0.2) is 19.7 Å². The van der Waals surface area contributed by atoms with E-state index in [1.165, 1.54) is 24.3 Å². The number of nitrogens with zero attached hydrogens (tertiary/aromatic N) is 4. The molecule has 10 heteroatoms. The molecule has 2 aromatic heterocycles. The van der Waals surface area contributed by atoms with Crippen LogP contribution < -0.4 is 0 Å². The van der Waals surface area contributed by atoms with Crippen LogP contribution in [0.25, 0.3) is 23.0 Å². The Hall–Kier alpha value is -3.53. The molecule has 0 spiro atoms. The molecule has 0 N–H and O–H groups in total. The number of rotatable bonds is 3. The summed E-state index contributed by atoms with van der Waals surface area (Å²) in [6.07, 6.45) is -3.22. The summed E-state index contributed by atoms with van der Waals surface area (Å²) in [4.78, 5) is 8.53. The smallest absolute Gasteiger partial charge is 0.365 e. The lowest BCUT2D eigenvalue weighted by molar-refractivity contribution is -0.137.